The lowest BCUT2D eigenvalue weighted by molar-refractivity contribution is 0.155. The molecule has 0 atom stereocenters. The number of nitrogens with one attached hydrogen (secondary N) is 1. The van der Waals surface area contributed by atoms with Crippen LogP contribution in [0.2, 0.25) is 5.15 Å². The average molecular weight is 343 g/mol. The molecule has 0 unspecified atom stereocenters. The van der Waals surface area contributed by atoms with E-state index in [1.54, 1.807) is 0 Å². The molecule has 0 aliphatic heterocycles. The van der Waals surface area contributed by atoms with E-state index in [4.69, 9.17) is 16.3 Å². The second kappa shape index (κ2) is 6.49. The third-order valence-corrected chi connectivity index (χ3v) is 2.89. The van der Waals surface area contributed by atoms with Gasteiger partial charge in [-0.05, 0) is 21.5 Å². The monoisotopic (exact) mass is 341 g/mol. The van der Waals surface area contributed by atoms with Crippen LogP contribution < -0.4 is 5.32 Å². The fraction of sp³-hybridized carbons (Fsp3) is 0.0833. The maximum absolute atomic E-state index is 11.6. The van der Waals surface area contributed by atoms with Crippen LogP contribution in [0.25, 0.3) is 0 Å². The normalized spacial score (nSPS) is 10.0. The summed E-state index contributed by atoms with van der Waals surface area (Å²) in [5.74, 6) is 0.213. The fourth-order valence-corrected chi connectivity index (χ4v) is 1.71. The van der Waals surface area contributed by atoms with Gasteiger partial charge >= 0.3 is 6.09 Å². The Morgan fingerprint density at radius 3 is 2.84 bits per heavy atom. The molecule has 0 aliphatic rings. The molecule has 1 heterocycles. The lowest BCUT2D eigenvalue weighted by atomic mass is 10.2. The van der Waals surface area contributed by atoms with Crippen LogP contribution in [0.4, 0.5) is 10.6 Å². The summed E-state index contributed by atoms with van der Waals surface area (Å²) in [6, 6.07) is 9.36. The molecule has 98 valence electrons. The first-order chi connectivity index (χ1) is 9.15. The number of anilines is 1. The Balaban J connectivity index is 1.93. The van der Waals surface area contributed by atoms with Crippen molar-refractivity contribution in [2.24, 2.45) is 0 Å². The zero-order chi connectivity index (χ0) is 13.7. The van der Waals surface area contributed by atoms with Crippen molar-refractivity contribution < 1.29 is 9.53 Å². The van der Waals surface area contributed by atoms with Gasteiger partial charge in [-0.15, -0.1) is 0 Å². The maximum atomic E-state index is 11.6. The minimum Gasteiger partial charge on any atom is -0.444 e. The molecule has 0 saturated heterocycles. The highest BCUT2D eigenvalue weighted by molar-refractivity contribution is 9.10. The van der Waals surface area contributed by atoms with E-state index < -0.39 is 6.09 Å². The number of carbonyl (C=O) groups is 1. The fourth-order valence-electron chi connectivity index (χ4n) is 1.29. The van der Waals surface area contributed by atoms with E-state index in [2.05, 4.69) is 31.2 Å². The maximum Gasteiger partial charge on any atom is 0.413 e. The third kappa shape index (κ3) is 4.18. The molecule has 0 aliphatic carbocycles. The molecule has 0 spiro atoms. The number of benzene rings is 1. The molecule has 1 amide bonds. The Kier molecular flexibility index (Phi) is 4.70. The van der Waals surface area contributed by atoms with Crippen molar-refractivity contribution in [2.45, 2.75) is 6.61 Å². The van der Waals surface area contributed by atoms with E-state index in [0.717, 1.165) is 5.56 Å². The zero-order valence-electron chi connectivity index (χ0n) is 9.64. The number of hydrogen-bond donors (Lipinski definition) is 1. The summed E-state index contributed by atoms with van der Waals surface area (Å²) in [4.78, 5) is 19.4. The molecule has 7 heteroatoms. The van der Waals surface area contributed by atoms with Gasteiger partial charge in [0, 0.05) is 0 Å². The van der Waals surface area contributed by atoms with Crippen LogP contribution in [-0.4, -0.2) is 16.1 Å². The van der Waals surface area contributed by atoms with Gasteiger partial charge in [0.05, 0.1) is 6.20 Å². The van der Waals surface area contributed by atoms with Gasteiger partial charge in [0.2, 0.25) is 0 Å². The van der Waals surface area contributed by atoms with E-state index in [0.29, 0.717) is 4.60 Å². The second-order valence-electron chi connectivity index (χ2n) is 3.52. The van der Waals surface area contributed by atoms with Gasteiger partial charge < -0.3 is 4.74 Å². The van der Waals surface area contributed by atoms with Crippen molar-refractivity contribution in [2.75, 3.05) is 5.32 Å². The molecule has 0 fully saturated rings. The van der Waals surface area contributed by atoms with Crippen molar-refractivity contribution in [1.29, 1.82) is 0 Å². The van der Waals surface area contributed by atoms with Crippen LogP contribution in [0, 0.1) is 0 Å². The summed E-state index contributed by atoms with van der Waals surface area (Å²) in [5, 5.41) is 2.64. The lowest BCUT2D eigenvalue weighted by Crippen LogP contribution is -2.15. The highest BCUT2D eigenvalue weighted by Gasteiger charge is 2.09. The molecular formula is C12H9BrClN3O2. The van der Waals surface area contributed by atoms with E-state index in [-0.39, 0.29) is 17.6 Å². The number of rotatable bonds is 3. The molecule has 1 aromatic carbocycles. The first kappa shape index (κ1) is 13.8. The largest absolute Gasteiger partial charge is 0.444 e. The Morgan fingerprint density at radius 2 is 2.11 bits per heavy atom. The smallest absolute Gasteiger partial charge is 0.413 e. The van der Waals surface area contributed by atoms with Gasteiger partial charge in [-0.2, -0.15) is 0 Å². The average Bonchev–Trinajstić information content (AvgIpc) is 2.42. The third-order valence-electron chi connectivity index (χ3n) is 2.13. The molecular weight excluding hydrogens is 334 g/mol. The summed E-state index contributed by atoms with van der Waals surface area (Å²) in [7, 11) is 0. The number of ether oxygens (including phenoxy) is 1. The van der Waals surface area contributed by atoms with Crippen molar-refractivity contribution in [1.82, 2.24) is 9.97 Å². The highest BCUT2D eigenvalue weighted by atomic mass is 79.9. The molecule has 1 aromatic heterocycles. The Hall–Kier alpha value is -1.66. The molecule has 2 rings (SSSR count). The standard InChI is InChI=1S/C12H9BrClN3O2/c13-10-11(16-9(14)6-15-10)17-12(18)19-7-8-4-2-1-3-5-8/h1-6H,7H2,(H,16,17,18). The molecule has 19 heavy (non-hydrogen) atoms. The van der Waals surface area contributed by atoms with Crippen LogP contribution in [-0.2, 0) is 11.3 Å². The topological polar surface area (TPSA) is 64.1 Å². The van der Waals surface area contributed by atoms with Crippen LogP contribution in [0.15, 0.2) is 41.1 Å². The van der Waals surface area contributed by atoms with Gasteiger partial charge in [-0.1, -0.05) is 41.9 Å². The minimum atomic E-state index is -0.624. The Labute approximate surface area is 123 Å². The molecule has 0 bridgehead atoms. The number of halogens is 2. The van der Waals surface area contributed by atoms with Crippen molar-refractivity contribution in [3.05, 3.63) is 51.8 Å². The first-order valence-corrected chi connectivity index (χ1v) is 6.48. The summed E-state index contributed by atoms with van der Waals surface area (Å²) in [5.41, 5.74) is 0.897. The van der Waals surface area contributed by atoms with Gasteiger partial charge in [-0.3, -0.25) is 5.32 Å². The Bertz CT molecular complexity index is 580. The highest BCUT2D eigenvalue weighted by Crippen LogP contribution is 2.19. The minimum absolute atomic E-state index is 0.179. The van der Waals surface area contributed by atoms with Gasteiger partial charge in [0.1, 0.15) is 16.4 Å². The van der Waals surface area contributed by atoms with E-state index in [1.807, 2.05) is 30.3 Å². The summed E-state index contributed by atoms with van der Waals surface area (Å²) >= 11 is 8.84. The van der Waals surface area contributed by atoms with Crippen molar-refractivity contribution >= 4 is 39.4 Å². The second-order valence-corrected chi connectivity index (χ2v) is 4.66. The summed E-state index contributed by atoms with van der Waals surface area (Å²) < 4.78 is 5.43. The molecule has 1 N–H and O–H groups in total. The number of nitrogens with zero attached hydrogens (tertiary/aromatic N) is 2. The molecule has 2 aromatic rings. The SMILES string of the molecule is O=C(Nc1nc(Cl)cnc1Br)OCc1ccccc1. The number of amides is 1. The predicted molar refractivity (Wildman–Crippen MR) is 75.0 cm³/mol. The predicted octanol–water partition coefficient (Wildman–Crippen LogP) is 3.64. The quantitative estimate of drug-likeness (QED) is 0.925. The van der Waals surface area contributed by atoms with Crippen LogP contribution in [0.1, 0.15) is 5.56 Å². The number of aromatic nitrogens is 2. The van der Waals surface area contributed by atoms with Crippen molar-refractivity contribution in [3.63, 3.8) is 0 Å². The van der Waals surface area contributed by atoms with Gasteiger partial charge in [0.25, 0.3) is 0 Å². The van der Waals surface area contributed by atoms with Crippen molar-refractivity contribution in [3.8, 4) is 0 Å². The number of hydrogen-bond acceptors (Lipinski definition) is 4. The van der Waals surface area contributed by atoms with Crippen LogP contribution in [0.5, 0.6) is 0 Å². The molecule has 0 radical (unpaired) electrons. The van der Waals surface area contributed by atoms with Gasteiger partial charge in [-0.25, -0.2) is 14.8 Å². The van der Waals surface area contributed by atoms with Gasteiger partial charge in [0.15, 0.2) is 5.82 Å². The summed E-state index contributed by atoms with van der Waals surface area (Å²) in [6.45, 7) is 0.179. The zero-order valence-corrected chi connectivity index (χ0v) is 12.0. The number of carbonyl (C=O) groups excluding carboxylic acids is 1. The molecule has 0 saturated carbocycles. The van der Waals surface area contributed by atoms with Crippen LogP contribution >= 0.6 is 27.5 Å². The molecule has 5 nitrogen and oxygen atoms in total. The van der Waals surface area contributed by atoms with E-state index in [9.17, 15) is 4.79 Å². The summed E-state index contributed by atoms with van der Waals surface area (Å²) in [6.07, 6.45) is 0.743. The lowest BCUT2D eigenvalue weighted by Gasteiger charge is -2.07. The Morgan fingerprint density at radius 1 is 1.37 bits per heavy atom. The van der Waals surface area contributed by atoms with E-state index in [1.165, 1.54) is 6.20 Å². The van der Waals surface area contributed by atoms with E-state index >= 15 is 0 Å². The van der Waals surface area contributed by atoms with Crippen LogP contribution in [0.3, 0.4) is 0 Å². The first-order valence-electron chi connectivity index (χ1n) is 5.31.